The molecule has 3 heteroatoms. The second kappa shape index (κ2) is 5.02. The summed E-state index contributed by atoms with van der Waals surface area (Å²) < 4.78 is 4.56. The fourth-order valence-corrected chi connectivity index (χ4v) is 1.61. The maximum absolute atomic E-state index is 11.0. The topological polar surface area (TPSA) is 52.3 Å². The third-order valence-corrected chi connectivity index (χ3v) is 2.37. The Morgan fingerprint density at radius 3 is 3.00 bits per heavy atom. The van der Waals surface area contributed by atoms with Crippen LogP contribution in [0.3, 0.4) is 0 Å². The summed E-state index contributed by atoms with van der Waals surface area (Å²) in [5, 5.41) is 0. The molecule has 0 heterocycles. The van der Waals surface area contributed by atoms with E-state index < -0.39 is 6.04 Å². The van der Waals surface area contributed by atoms with E-state index in [1.54, 1.807) is 0 Å². The van der Waals surface area contributed by atoms with Gasteiger partial charge in [-0.25, -0.2) is 0 Å². The Bertz CT molecular complexity index is 211. The number of carbonyl (C=O) groups is 1. The summed E-state index contributed by atoms with van der Waals surface area (Å²) in [6.07, 6.45) is 7.56. The van der Waals surface area contributed by atoms with E-state index in [2.05, 4.69) is 10.8 Å². The molecule has 3 nitrogen and oxygen atoms in total. The number of carbonyl (C=O) groups excluding carboxylic acids is 1. The zero-order chi connectivity index (χ0) is 9.68. The molecule has 0 amide bonds. The quantitative estimate of drug-likeness (QED) is 0.531. The number of rotatable bonds is 3. The van der Waals surface area contributed by atoms with Gasteiger partial charge >= 0.3 is 5.97 Å². The molecule has 1 unspecified atom stereocenters. The van der Waals surface area contributed by atoms with Crippen LogP contribution in [0.2, 0.25) is 0 Å². The highest BCUT2D eigenvalue weighted by atomic mass is 16.5. The highest BCUT2D eigenvalue weighted by Gasteiger charge is 2.16. The van der Waals surface area contributed by atoms with Crippen molar-refractivity contribution in [2.45, 2.75) is 38.1 Å². The first-order valence-electron chi connectivity index (χ1n) is 4.75. The molecule has 0 aromatic carbocycles. The number of hydrogen-bond donors (Lipinski definition) is 1. The molecule has 0 fully saturated rings. The molecule has 0 aromatic rings. The molecule has 1 aliphatic rings. The molecule has 13 heavy (non-hydrogen) atoms. The average Bonchev–Trinajstić information content (AvgIpc) is 2.18. The molecule has 1 rings (SSSR count). The molecule has 0 bridgehead atoms. The van der Waals surface area contributed by atoms with Crippen molar-refractivity contribution in [3.8, 4) is 0 Å². The van der Waals surface area contributed by atoms with Gasteiger partial charge in [0.15, 0.2) is 0 Å². The van der Waals surface area contributed by atoms with Crippen LogP contribution in [0, 0.1) is 0 Å². The van der Waals surface area contributed by atoms with E-state index in [-0.39, 0.29) is 5.97 Å². The number of hydrogen-bond acceptors (Lipinski definition) is 3. The van der Waals surface area contributed by atoms with Crippen molar-refractivity contribution in [3.63, 3.8) is 0 Å². The van der Waals surface area contributed by atoms with E-state index in [9.17, 15) is 4.79 Å². The van der Waals surface area contributed by atoms with Crippen LogP contribution in [0.1, 0.15) is 32.1 Å². The van der Waals surface area contributed by atoms with Crippen LogP contribution >= 0.6 is 0 Å². The van der Waals surface area contributed by atoms with E-state index in [0.29, 0.717) is 6.42 Å². The zero-order valence-corrected chi connectivity index (χ0v) is 8.08. The molecule has 0 saturated carbocycles. The van der Waals surface area contributed by atoms with Gasteiger partial charge in [-0.2, -0.15) is 0 Å². The molecule has 2 N–H and O–H groups in total. The molecule has 0 spiro atoms. The summed E-state index contributed by atoms with van der Waals surface area (Å²) in [6.45, 7) is 0. The number of methoxy groups -OCH3 is 1. The lowest BCUT2D eigenvalue weighted by Crippen LogP contribution is -2.32. The molecule has 1 aliphatic carbocycles. The molecular weight excluding hydrogens is 166 g/mol. The second-order valence-corrected chi connectivity index (χ2v) is 3.44. The van der Waals surface area contributed by atoms with Crippen molar-refractivity contribution < 1.29 is 9.53 Å². The van der Waals surface area contributed by atoms with Crippen molar-refractivity contribution in [3.05, 3.63) is 11.6 Å². The normalized spacial score (nSPS) is 19.1. The Morgan fingerprint density at radius 2 is 2.46 bits per heavy atom. The van der Waals surface area contributed by atoms with Gasteiger partial charge in [0.25, 0.3) is 0 Å². The summed E-state index contributed by atoms with van der Waals surface area (Å²) in [6, 6.07) is -0.477. The van der Waals surface area contributed by atoms with Crippen LogP contribution in [0.15, 0.2) is 11.6 Å². The van der Waals surface area contributed by atoms with E-state index in [0.717, 1.165) is 12.8 Å². The lowest BCUT2D eigenvalue weighted by atomic mass is 9.94. The molecule has 1 atom stereocenters. The smallest absolute Gasteiger partial charge is 0.322 e. The van der Waals surface area contributed by atoms with Gasteiger partial charge in [0, 0.05) is 0 Å². The Balaban J connectivity index is 2.38. The molecule has 0 radical (unpaired) electrons. The third kappa shape index (κ3) is 3.19. The van der Waals surface area contributed by atoms with Gasteiger partial charge in [0.1, 0.15) is 6.04 Å². The molecular formula is C10H17NO2. The first-order chi connectivity index (χ1) is 6.24. The van der Waals surface area contributed by atoms with Crippen molar-refractivity contribution in [1.29, 1.82) is 0 Å². The van der Waals surface area contributed by atoms with E-state index >= 15 is 0 Å². The lowest BCUT2D eigenvalue weighted by molar-refractivity contribution is -0.142. The standard InChI is InChI=1S/C10H17NO2/c1-13-10(12)9(11)7-8-5-3-2-4-6-8/h5,9H,2-4,6-7,11H2,1H3. The second-order valence-electron chi connectivity index (χ2n) is 3.44. The lowest BCUT2D eigenvalue weighted by Gasteiger charge is -2.15. The minimum atomic E-state index is -0.477. The van der Waals surface area contributed by atoms with Gasteiger partial charge in [-0.15, -0.1) is 0 Å². The van der Waals surface area contributed by atoms with Crippen molar-refractivity contribution in [1.82, 2.24) is 0 Å². The molecule has 0 aromatic heterocycles. The fourth-order valence-electron chi connectivity index (χ4n) is 1.61. The summed E-state index contributed by atoms with van der Waals surface area (Å²) in [5.74, 6) is -0.313. The van der Waals surface area contributed by atoms with Crippen molar-refractivity contribution in [2.24, 2.45) is 5.73 Å². The number of ether oxygens (including phenoxy) is 1. The van der Waals surface area contributed by atoms with Gasteiger partial charge in [-0.3, -0.25) is 4.79 Å². The predicted octanol–water partition coefficient (Wildman–Crippen LogP) is 1.38. The molecule has 0 aliphatic heterocycles. The van der Waals surface area contributed by atoms with E-state index in [1.165, 1.54) is 25.5 Å². The minimum Gasteiger partial charge on any atom is -0.468 e. The Kier molecular flexibility index (Phi) is 3.96. The van der Waals surface area contributed by atoms with Crippen molar-refractivity contribution in [2.75, 3.05) is 7.11 Å². The number of allylic oxidation sites excluding steroid dienone is 1. The van der Waals surface area contributed by atoms with Gasteiger partial charge in [0.2, 0.25) is 0 Å². The van der Waals surface area contributed by atoms with Crippen LogP contribution in [-0.4, -0.2) is 19.1 Å². The van der Waals surface area contributed by atoms with Crippen LogP contribution in [0.4, 0.5) is 0 Å². The number of nitrogens with two attached hydrogens (primary N) is 1. The fraction of sp³-hybridized carbons (Fsp3) is 0.700. The monoisotopic (exact) mass is 183 g/mol. The molecule has 0 saturated heterocycles. The largest absolute Gasteiger partial charge is 0.468 e. The zero-order valence-electron chi connectivity index (χ0n) is 8.08. The first-order valence-corrected chi connectivity index (χ1v) is 4.75. The van der Waals surface area contributed by atoms with Crippen LogP contribution in [0.25, 0.3) is 0 Å². The van der Waals surface area contributed by atoms with Crippen LogP contribution < -0.4 is 5.73 Å². The van der Waals surface area contributed by atoms with Gasteiger partial charge in [0.05, 0.1) is 7.11 Å². The first kappa shape index (κ1) is 10.3. The Morgan fingerprint density at radius 1 is 1.69 bits per heavy atom. The summed E-state index contributed by atoms with van der Waals surface area (Å²) in [5.41, 5.74) is 6.95. The number of esters is 1. The van der Waals surface area contributed by atoms with Gasteiger partial charge in [-0.1, -0.05) is 11.6 Å². The summed E-state index contributed by atoms with van der Waals surface area (Å²) >= 11 is 0. The van der Waals surface area contributed by atoms with E-state index in [4.69, 9.17) is 5.73 Å². The minimum absolute atomic E-state index is 0.313. The summed E-state index contributed by atoms with van der Waals surface area (Å²) in [4.78, 5) is 11.0. The Hall–Kier alpha value is -0.830. The summed E-state index contributed by atoms with van der Waals surface area (Å²) in [7, 11) is 1.37. The maximum Gasteiger partial charge on any atom is 0.322 e. The van der Waals surface area contributed by atoms with Crippen molar-refractivity contribution >= 4 is 5.97 Å². The maximum atomic E-state index is 11.0. The average molecular weight is 183 g/mol. The van der Waals surface area contributed by atoms with Gasteiger partial charge < -0.3 is 10.5 Å². The van der Waals surface area contributed by atoms with Gasteiger partial charge in [-0.05, 0) is 32.1 Å². The molecule has 74 valence electrons. The SMILES string of the molecule is COC(=O)C(N)CC1=CCCCC1. The highest BCUT2D eigenvalue weighted by molar-refractivity contribution is 5.75. The van der Waals surface area contributed by atoms with Crippen LogP contribution in [-0.2, 0) is 9.53 Å². The van der Waals surface area contributed by atoms with Crippen LogP contribution in [0.5, 0.6) is 0 Å². The Labute approximate surface area is 78.9 Å². The predicted molar refractivity (Wildman–Crippen MR) is 51.2 cm³/mol. The third-order valence-electron chi connectivity index (χ3n) is 2.37. The highest BCUT2D eigenvalue weighted by Crippen LogP contribution is 2.20. The van der Waals surface area contributed by atoms with E-state index in [1.807, 2.05) is 0 Å².